The highest BCUT2D eigenvalue weighted by molar-refractivity contribution is 5.34. The van der Waals surface area contributed by atoms with Crippen LogP contribution in [-0.2, 0) is 0 Å². The van der Waals surface area contributed by atoms with E-state index in [2.05, 4.69) is 69.4 Å². The Morgan fingerprint density at radius 3 is 1.62 bits per heavy atom. The Kier molecular flexibility index (Phi) is 1.90. The van der Waals surface area contributed by atoms with E-state index in [0.29, 0.717) is 17.3 Å². The van der Waals surface area contributed by atoms with Crippen LogP contribution in [0.5, 0.6) is 0 Å². The molecular formula is C16H20. The van der Waals surface area contributed by atoms with Gasteiger partial charge in [-0.15, -0.1) is 0 Å². The second-order valence-electron chi connectivity index (χ2n) is 6.30. The molecular weight excluding hydrogens is 192 g/mol. The normalized spacial score (nSPS) is 50.8. The first-order chi connectivity index (χ1) is 7.50. The SMILES string of the molecule is CC1(C)/C=C\C2C=CC3(C)C=CC(/C=C\1)C23. The van der Waals surface area contributed by atoms with Crippen LogP contribution in [0, 0.1) is 28.6 Å². The van der Waals surface area contributed by atoms with Crippen LogP contribution in [0.1, 0.15) is 20.8 Å². The molecule has 0 heteroatoms. The quantitative estimate of drug-likeness (QED) is 0.530. The van der Waals surface area contributed by atoms with E-state index in [4.69, 9.17) is 0 Å². The molecule has 0 spiro atoms. The molecule has 0 saturated heterocycles. The summed E-state index contributed by atoms with van der Waals surface area (Å²) in [6, 6.07) is 0. The van der Waals surface area contributed by atoms with Crippen LogP contribution in [0.3, 0.4) is 0 Å². The second kappa shape index (κ2) is 3.00. The molecule has 0 fully saturated rings. The standard InChI is InChI=1S/C16H20/c1-15(2)8-4-12-6-10-16(3)11-7-13(5-9-15)14(12)16/h4-14H,1-3H3/b8-4-,9-5-. The zero-order valence-electron chi connectivity index (χ0n) is 10.4. The molecule has 0 radical (unpaired) electrons. The van der Waals surface area contributed by atoms with Gasteiger partial charge in [-0.2, -0.15) is 0 Å². The highest BCUT2D eigenvalue weighted by Crippen LogP contribution is 2.53. The summed E-state index contributed by atoms with van der Waals surface area (Å²) >= 11 is 0. The Hall–Kier alpha value is -1.04. The van der Waals surface area contributed by atoms with Gasteiger partial charge in [-0.3, -0.25) is 0 Å². The van der Waals surface area contributed by atoms with Crippen molar-refractivity contribution in [1.29, 1.82) is 0 Å². The summed E-state index contributed by atoms with van der Waals surface area (Å²) in [7, 11) is 0. The van der Waals surface area contributed by atoms with E-state index < -0.39 is 0 Å². The van der Waals surface area contributed by atoms with Crippen molar-refractivity contribution >= 4 is 0 Å². The van der Waals surface area contributed by atoms with E-state index in [1.807, 2.05) is 0 Å². The highest BCUT2D eigenvalue weighted by atomic mass is 14.5. The third kappa shape index (κ3) is 1.36. The van der Waals surface area contributed by atoms with Crippen molar-refractivity contribution in [2.45, 2.75) is 20.8 Å². The fraction of sp³-hybridized carbons (Fsp3) is 0.500. The Bertz CT molecular complexity index is 383. The molecule has 2 atom stereocenters. The Labute approximate surface area is 98.4 Å². The van der Waals surface area contributed by atoms with Crippen molar-refractivity contribution in [2.75, 3.05) is 0 Å². The monoisotopic (exact) mass is 212 g/mol. The first kappa shape index (κ1) is 10.1. The predicted octanol–water partition coefficient (Wildman–Crippen LogP) is 4.13. The fourth-order valence-corrected chi connectivity index (χ4v) is 3.38. The molecule has 0 bridgehead atoms. The van der Waals surface area contributed by atoms with E-state index in [0.717, 1.165) is 5.92 Å². The molecule has 0 aromatic rings. The third-order valence-corrected chi connectivity index (χ3v) is 4.40. The Balaban J connectivity index is 2.04. The van der Waals surface area contributed by atoms with E-state index in [1.165, 1.54) is 0 Å². The summed E-state index contributed by atoms with van der Waals surface area (Å²) in [5, 5.41) is 0. The summed E-state index contributed by atoms with van der Waals surface area (Å²) in [5.74, 6) is 1.96. The summed E-state index contributed by atoms with van der Waals surface area (Å²) in [6.07, 6.45) is 19.1. The van der Waals surface area contributed by atoms with Crippen LogP contribution in [-0.4, -0.2) is 0 Å². The lowest BCUT2D eigenvalue weighted by Gasteiger charge is -2.31. The molecule has 3 aliphatic carbocycles. The van der Waals surface area contributed by atoms with Crippen LogP contribution in [0.25, 0.3) is 0 Å². The minimum absolute atomic E-state index is 0.203. The number of allylic oxidation sites excluding steroid dienone is 8. The Morgan fingerprint density at radius 2 is 1.12 bits per heavy atom. The van der Waals surface area contributed by atoms with Gasteiger partial charge in [0.1, 0.15) is 0 Å². The predicted molar refractivity (Wildman–Crippen MR) is 68.9 cm³/mol. The maximum absolute atomic E-state index is 2.41. The zero-order valence-corrected chi connectivity index (χ0v) is 10.4. The molecule has 84 valence electrons. The van der Waals surface area contributed by atoms with Gasteiger partial charge in [0.25, 0.3) is 0 Å². The molecule has 0 aliphatic heterocycles. The van der Waals surface area contributed by atoms with Crippen molar-refractivity contribution in [3.63, 3.8) is 0 Å². The van der Waals surface area contributed by atoms with Gasteiger partial charge in [-0.05, 0) is 17.8 Å². The zero-order chi connectivity index (χ0) is 11.4. The number of hydrogen-bond donors (Lipinski definition) is 0. The molecule has 3 rings (SSSR count). The van der Waals surface area contributed by atoms with Gasteiger partial charge < -0.3 is 0 Å². The van der Waals surface area contributed by atoms with Gasteiger partial charge >= 0.3 is 0 Å². The van der Waals surface area contributed by atoms with Crippen molar-refractivity contribution in [1.82, 2.24) is 0 Å². The van der Waals surface area contributed by atoms with Crippen LogP contribution in [0.2, 0.25) is 0 Å². The average Bonchev–Trinajstić information content (AvgIpc) is 2.67. The topological polar surface area (TPSA) is 0 Å². The molecule has 0 saturated carbocycles. The first-order valence-electron chi connectivity index (χ1n) is 6.28. The molecule has 16 heavy (non-hydrogen) atoms. The molecule has 0 N–H and O–H groups in total. The average molecular weight is 212 g/mol. The van der Waals surface area contributed by atoms with E-state index in [9.17, 15) is 0 Å². The van der Waals surface area contributed by atoms with Crippen LogP contribution in [0.15, 0.2) is 48.6 Å². The molecule has 3 aliphatic rings. The number of hydrogen-bond acceptors (Lipinski definition) is 0. The Morgan fingerprint density at radius 1 is 0.688 bits per heavy atom. The molecule has 0 amide bonds. The van der Waals surface area contributed by atoms with Crippen molar-refractivity contribution < 1.29 is 0 Å². The number of rotatable bonds is 0. The molecule has 0 nitrogen and oxygen atoms in total. The molecule has 0 aromatic carbocycles. The molecule has 0 heterocycles. The smallest absolute Gasteiger partial charge is 0.00785 e. The largest absolute Gasteiger partial charge is 0.0804 e. The lowest BCUT2D eigenvalue weighted by atomic mass is 9.72. The highest BCUT2D eigenvalue weighted by Gasteiger charge is 2.45. The van der Waals surface area contributed by atoms with Gasteiger partial charge in [-0.25, -0.2) is 0 Å². The van der Waals surface area contributed by atoms with E-state index >= 15 is 0 Å². The van der Waals surface area contributed by atoms with E-state index in [-0.39, 0.29) is 5.41 Å². The van der Waals surface area contributed by atoms with Crippen molar-refractivity contribution in [2.24, 2.45) is 28.6 Å². The third-order valence-electron chi connectivity index (χ3n) is 4.40. The summed E-state index contributed by atoms with van der Waals surface area (Å²) < 4.78 is 0. The van der Waals surface area contributed by atoms with Crippen LogP contribution >= 0.6 is 0 Å². The lowest BCUT2D eigenvalue weighted by molar-refractivity contribution is 0.290. The second-order valence-corrected chi connectivity index (χ2v) is 6.30. The molecule has 0 aromatic heterocycles. The van der Waals surface area contributed by atoms with Gasteiger partial charge in [0.2, 0.25) is 0 Å². The summed E-state index contributed by atoms with van der Waals surface area (Å²) in [6.45, 7) is 6.91. The minimum atomic E-state index is 0.203. The first-order valence-corrected chi connectivity index (χ1v) is 6.28. The minimum Gasteiger partial charge on any atom is -0.0804 e. The molecule has 2 unspecified atom stereocenters. The van der Waals surface area contributed by atoms with Gasteiger partial charge in [0.05, 0.1) is 0 Å². The van der Waals surface area contributed by atoms with Crippen LogP contribution < -0.4 is 0 Å². The van der Waals surface area contributed by atoms with E-state index in [1.54, 1.807) is 0 Å². The summed E-state index contributed by atoms with van der Waals surface area (Å²) in [4.78, 5) is 0. The van der Waals surface area contributed by atoms with Gasteiger partial charge in [0, 0.05) is 10.8 Å². The van der Waals surface area contributed by atoms with Gasteiger partial charge in [-0.1, -0.05) is 69.4 Å². The van der Waals surface area contributed by atoms with Crippen LogP contribution in [0.4, 0.5) is 0 Å². The lowest BCUT2D eigenvalue weighted by Crippen LogP contribution is -2.25. The maximum atomic E-state index is 2.41. The maximum Gasteiger partial charge on any atom is 0.00785 e. The summed E-state index contributed by atoms with van der Waals surface area (Å²) in [5.41, 5.74) is 0.500. The van der Waals surface area contributed by atoms with Gasteiger partial charge in [0.15, 0.2) is 0 Å². The van der Waals surface area contributed by atoms with Crippen molar-refractivity contribution in [3.8, 4) is 0 Å². The fourth-order valence-electron chi connectivity index (χ4n) is 3.38. The van der Waals surface area contributed by atoms with Crippen molar-refractivity contribution in [3.05, 3.63) is 48.6 Å².